The highest BCUT2D eigenvalue weighted by Crippen LogP contribution is 2.38. The summed E-state index contributed by atoms with van der Waals surface area (Å²) in [6.45, 7) is 4.94. The van der Waals surface area contributed by atoms with Crippen LogP contribution in [0.1, 0.15) is 44.2 Å². The standard InChI is InChI=1S/C21H31N5O.2ClH/c22-17-21(7-3-1-4-8-21)14-20(27)25-12-10-24(11-13-25)15-18-16-26-9-5-2-6-19(26)23-18;;/h2,5-6,9,16H,1,3-4,7-8,10-15,17,22H2;2*1H. The van der Waals surface area contributed by atoms with E-state index in [1.165, 1.54) is 19.3 Å². The predicted octanol–water partition coefficient (Wildman–Crippen LogP) is 3.12. The molecule has 2 aliphatic rings. The van der Waals surface area contributed by atoms with Crippen LogP contribution in [0.4, 0.5) is 0 Å². The average Bonchev–Trinajstić information content (AvgIpc) is 3.11. The zero-order chi connectivity index (χ0) is 18.7. The number of carbonyl (C=O) groups is 1. The fourth-order valence-electron chi connectivity index (χ4n) is 4.64. The summed E-state index contributed by atoms with van der Waals surface area (Å²) >= 11 is 0. The van der Waals surface area contributed by atoms with Crippen LogP contribution in [0.2, 0.25) is 0 Å². The Morgan fingerprint density at radius 2 is 1.79 bits per heavy atom. The van der Waals surface area contributed by atoms with E-state index in [0.717, 1.165) is 56.9 Å². The Morgan fingerprint density at radius 3 is 2.45 bits per heavy atom. The second-order valence-electron chi connectivity index (χ2n) is 8.30. The molecule has 1 saturated carbocycles. The van der Waals surface area contributed by atoms with Gasteiger partial charge < -0.3 is 15.0 Å². The minimum Gasteiger partial charge on any atom is -0.340 e. The zero-order valence-corrected chi connectivity index (χ0v) is 18.6. The molecule has 0 spiro atoms. The smallest absolute Gasteiger partial charge is 0.223 e. The van der Waals surface area contributed by atoms with Crippen LogP contribution in [0, 0.1) is 5.41 Å². The van der Waals surface area contributed by atoms with Crippen LogP contribution < -0.4 is 5.73 Å². The number of halogens is 2. The van der Waals surface area contributed by atoms with E-state index >= 15 is 0 Å². The van der Waals surface area contributed by atoms with E-state index < -0.39 is 0 Å². The minimum absolute atomic E-state index is 0. The number of hydrogen-bond acceptors (Lipinski definition) is 4. The molecule has 0 atom stereocenters. The van der Waals surface area contributed by atoms with Crippen molar-refractivity contribution in [1.82, 2.24) is 19.2 Å². The van der Waals surface area contributed by atoms with Crippen molar-refractivity contribution in [2.45, 2.75) is 45.1 Å². The van der Waals surface area contributed by atoms with Crippen LogP contribution in [0.25, 0.3) is 5.65 Å². The lowest BCUT2D eigenvalue weighted by molar-refractivity contribution is -0.136. The van der Waals surface area contributed by atoms with Crippen LogP contribution in [0.3, 0.4) is 0 Å². The first-order chi connectivity index (χ1) is 13.2. The summed E-state index contributed by atoms with van der Waals surface area (Å²) in [5.74, 6) is 0.301. The molecule has 1 saturated heterocycles. The summed E-state index contributed by atoms with van der Waals surface area (Å²) in [5, 5.41) is 0. The van der Waals surface area contributed by atoms with Crippen molar-refractivity contribution in [2.75, 3.05) is 32.7 Å². The monoisotopic (exact) mass is 441 g/mol. The third-order valence-corrected chi connectivity index (χ3v) is 6.40. The first kappa shape index (κ1) is 23.9. The first-order valence-corrected chi connectivity index (χ1v) is 10.3. The molecule has 2 fully saturated rings. The largest absolute Gasteiger partial charge is 0.340 e. The SMILES string of the molecule is Cl.Cl.NCC1(CC(=O)N2CCN(Cc3cn4ccccc4n3)CC2)CCCCC1. The van der Waals surface area contributed by atoms with Crippen molar-refractivity contribution >= 4 is 36.4 Å². The molecule has 162 valence electrons. The number of fused-ring (bicyclic) bond motifs is 1. The van der Waals surface area contributed by atoms with Crippen molar-refractivity contribution in [3.8, 4) is 0 Å². The van der Waals surface area contributed by atoms with Crippen LogP contribution in [-0.2, 0) is 11.3 Å². The van der Waals surface area contributed by atoms with E-state index in [4.69, 9.17) is 5.73 Å². The normalized spacial score (nSPS) is 19.4. The lowest BCUT2D eigenvalue weighted by Crippen LogP contribution is -2.50. The Hall–Kier alpha value is -1.34. The maximum Gasteiger partial charge on any atom is 0.223 e. The van der Waals surface area contributed by atoms with Crippen molar-refractivity contribution < 1.29 is 4.79 Å². The molecular formula is C21H33Cl2N5O. The number of nitrogens with two attached hydrogens (primary N) is 1. The number of amides is 1. The highest BCUT2D eigenvalue weighted by Gasteiger charge is 2.35. The molecule has 2 N–H and O–H groups in total. The van der Waals surface area contributed by atoms with E-state index in [-0.39, 0.29) is 30.2 Å². The maximum atomic E-state index is 12.8. The Labute approximate surface area is 185 Å². The van der Waals surface area contributed by atoms with Gasteiger partial charge in [0.25, 0.3) is 0 Å². The molecule has 2 aromatic heterocycles. The maximum absolute atomic E-state index is 12.8. The second-order valence-corrected chi connectivity index (χ2v) is 8.30. The molecule has 0 radical (unpaired) electrons. The number of hydrogen-bond donors (Lipinski definition) is 1. The van der Waals surface area contributed by atoms with Gasteiger partial charge in [-0.3, -0.25) is 9.69 Å². The van der Waals surface area contributed by atoms with E-state index in [2.05, 4.69) is 20.5 Å². The lowest BCUT2D eigenvalue weighted by Gasteiger charge is -2.39. The van der Waals surface area contributed by atoms with Crippen LogP contribution in [0.15, 0.2) is 30.6 Å². The second kappa shape index (κ2) is 10.6. The number of carbonyl (C=O) groups excluding carboxylic acids is 1. The lowest BCUT2D eigenvalue weighted by atomic mass is 9.71. The predicted molar refractivity (Wildman–Crippen MR) is 121 cm³/mol. The van der Waals surface area contributed by atoms with E-state index in [0.29, 0.717) is 18.9 Å². The van der Waals surface area contributed by atoms with Gasteiger partial charge in [0.2, 0.25) is 5.91 Å². The van der Waals surface area contributed by atoms with Gasteiger partial charge in [0.15, 0.2) is 0 Å². The Morgan fingerprint density at radius 1 is 1.07 bits per heavy atom. The minimum atomic E-state index is 0. The summed E-state index contributed by atoms with van der Waals surface area (Å²) in [7, 11) is 0. The average molecular weight is 442 g/mol. The molecule has 0 bridgehead atoms. The summed E-state index contributed by atoms with van der Waals surface area (Å²) in [6, 6.07) is 6.05. The molecule has 0 aromatic carbocycles. The van der Waals surface area contributed by atoms with E-state index in [1.54, 1.807) is 0 Å². The topological polar surface area (TPSA) is 66.9 Å². The van der Waals surface area contributed by atoms with Crippen molar-refractivity contribution in [2.24, 2.45) is 11.1 Å². The van der Waals surface area contributed by atoms with Crippen LogP contribution in [0.5, 0.6) is 0 Å². The molecule has 1 aliphatic carbocycles. The molecule has 8 heteroatoms. The molecule has 6 nitrogen and oxygen atoms in total. The molecular weight excluding hydrogens is 409 g/mol. The number of imidazole rings is 1. The molecule has 1 aliphatic heterocycles. The Bertz CT molecular complexity index is 749. The van der Waals surface area contributed by atoms with Gasteiger partial charge >= 0.3 is 0 Å². The van der Waals surface area contributed by atoms with Gasteiger partial charge in [0.1, 0.15) is 5.65 Å². The zero-order valence-electron chi connectivity index (χ0n) is 17.0. The quantitative estimate of drug-likeness (QED) is 0.773. The number of aromatic nitrogens is 2. The summed E-state index contributed by atoms with van der Waals surface area (Å²) in [5.41, 5.74) is 8.20. The highest BCUT2D eigenvalue weighted by atomic mass is 35.5. The fraction of sp³-hybridized carbons (Fsp3) is 0.619. The number of pyridine rings is 1. The van der Waals surface area contributed by atoms with Gasteiger partial charge in [-0.1, -0.05) is 25.3 Å². The third-order valence-electron chi connectivity index (χ3n) is 6.40. The van der Waals surface area contributed by atoms with Gasteiger partial charge in [-0.25, -0.2) is 4.98 Å². The van der Waals surface area contributed by atoms with Crippen molar-refractivity contribution in [3.05, 3.63) is 36.3 Å². The van der Waals surface area contributed by atoms with Crippen LogP contribution >= 0.6 is 24.8 Å². The van der Waals surface area contributed by atoms with Gasteiger partial charge in [0.05, 0.1) is 5.69 Å². The van der Waals surface area contributed by atoms with Gasteiger partial charge in [0, 0.05) is 51.5 Å². The molecule has 29 heavy (non-hydrogen) atoms. The highest BCUT2D eigenvalue weighted by molar-refractivity contribution is 5.85. The number of nitrogens with zero attached hydrogens (tertiary/aromatic N) is 4. The third kappa shape index (κ3) is 5.63. The molecule has 2 aromatic rings. The summed E-state index contributed by atoms with van der Waals surface area (Å²) in [6.07, 6.45) is 10.7. The van der Waals surface area contributed by atoms with Crippen LogP contribution in [-0.4, -0.2) is 57.8 Å². The van der Waals surface area contributed by atoms with Gasteiger partial charge in [-0.2, -0.15) is 0 Å². The number of rotatable bonds is 5. The fourth-order valence-corrected chi connectivity index (χ4v) is 4.64. The molecule has 0 unspecified atom stereocenters. The Kier molecular flexibility index (Phi) is 8.76. The number of piperazine rings is 1. The summed E-state index contributed by atoms with van der Waals surface area (Å²) in [4.78, 5) is 22.0. The van der Waals surface area contributed by atoms with E-state index in [1.807, 2.05) is 29.3 Å². The summed E-state index contributed by atoms with van der Waals surface area (Å²) < 4.78 is 2.06. The Balaban J connectivity index is 0.00000150. The van der Waals surface area contributed by atoms with Crippen molar-refractivity contribution in [1.29, 1.82) is 0 Å². The van der Waals surface area contributed by atoms with Gasteiger partial charge in [-0.05, 0) is 36.9 Å². The van der Waals surface area contributed by atoms with Gasteiger partial charge in [-0.15, -0.1) is 24.8 Å². The molecule has 3 heterocycles. The molecule has 1 amide bonds. The van der Waals surface area contributed by atoms with Crippen molar-refractivity contribution in [3.63, 3.8) is 0 Å². The molecule has 4 rings (SSSR count). The first-order valence-electron chi connectivity index (χ1n) is 10.3. The van der Waals surface area contributed by atoms with E-state index in [9.17, 15) is 4.79 Å².